The molecule has 4 rings (SSSR count). The van der Waals surface area contributed by atoms with Crippen molar-refractivity contribution in [3.63, 3.8) is 0 Å². The molecule has 0 fully saturated rings. The van der Waals surface area contributed by atoms with Crippen molar-refractivity contribution in [1.82, 2.24) is 9.29 Å². The van der Waals surface area contributed by atoms with Gasteiger partial charge in [-0.25, -0.2) is 12.8 Å². The van der Waals surface area contributed by atoms with Crippen molar-refractivity contribution >= 4 is 20.9 Å². The first kappa shape index (κ1) is 14.2. The second kappa shape index (κ2) is 5.07. The molecule has 3 aromatic rings. The number of hydrogen-bond donors (Lipinski definition) is 1. The number of nitrogens with one attached hydrogen (secondary N) is 1. The maximum atomic E-state index is 13.8. The van der Waals surface area contributed by atoms with E-state index in [0.29, 0.717) is 5.75 Å². The summed E-state index contributed by atoms with van der Waals surface area (Å²) in [7, 11) is -3.99. The van der Waals surface area contributed by atoms with Gasteiger partial charge in [-0.15, -0.1) is 0 Å². The predicted molar refractivity (Wildman–Crippen MR) is 83.2 cm³/mol. The van der Waals surface area contributed by atoms with Crippen LogP contribution in [0.1, 0.15) is 6.17 Å². The third-order valence-corrected chi connectivity index (χ3v) is 5.35. The Kier molecular flexibility index (Phi) is 3.14. The lowest BCUT2D eigenvalue weighted by Gasteiger charge is -2.27. The van der Waals surface area contributed by atoms with Crippen LogP contribution in [0.15, 0.2) is 59.6 Å². The highest BCUT2D eigenvalue weighted by atomic mass is 32.2. The lowest BCUT2D eigenvalue weighted by molar-refractivity contribution is 0.228. The summed E-state index contributed by atoms with van der Waals surface area (Å²) in [4.78, 5) is -0.373. The van der Waals surface area contributed by atoms with E-state index < -0.39 is 22.0 Å². The summed E-state index contributed by atoms with van der Waals surface area (Å²) in [5, 5.41) is 0.956. The van der Waals surface area contributed by atoms with Crippen molar-refractivity contribution in [3.05, 3.63) is 60.5 Å². The van der Waals surface area contributed by atoms with Crippen LogP contribution in [-0.2, 0) is 10.0 Å². The Hall–Kier alpha value is -2.38. The van der Waals surface area contributed by atoms with Crippen LogP contribution in [0.5, 0.6) is 5.75 Å². The summed E-state index contributed by atoms with van der Waals surface area (Å²) in [6.45, 7) is 0.133. The fourth-order valence-corrected chi connectivity index (χ4v) is 4.06. The Morgan fingerprint density at radius 2 is 1.96 bits per heavy atom. The number of para-hydroxylation sites is 1. The molecule has 1 aliphatic heterocycles. The predicted octanol–water partition coefficient (Wildman–Crippen LogP) is 2.65. The number of ether oxygens (including phenoxy) is 1. The van der Waals surface area contributed by atoms with Crippen LogP contribution >= 0.6 is 0 Å². The maximum absolute atomic E-state index is 13.8. The SMILES string of the molecule is O=S(=O)(NC1COc2cccc3ccn1c23)c1ccccc1F. The lowest BCUT2D eigenvalue weighted by atomic mass is 10.2. The molecule has 1 unspecified atom stereocenters. The zero-order chi connectivity index (χ0) is 16.0. The Labute approximate surface area is 132 Å². The quantitative estimate of drug-likeness (QED) is 0.802. The van der Waals surface area contributed by atoms with Crippen molar-refractivity contribution in [3.8, 4) is 5.75 Å². The standard InChI is InChI=1S/C16H13FN2O3S/c17-12-5-1-2-7-14(12)23(20,21)18-15-10-22-13-6-3-4-11-8-9-19(15)16(11)13/h1-9,15,18H,10H2. The highest BCUT2D eigenvalue weighted by Crippen LogP contribution is 2.33. The average molecular weight is 332 g/mol. The average Bonchev–Trinajstić information content (AvgIpc) is 2.96. The van der Waals surface area contributed by atoms with Crippen molar-refractivity contribution < 1.29 is 17.5 Å². The molecule has 5 nitrogen and oxygen atoms in total. The topological polar surface area (TPSA) is 60.3 Å². The molecular formula is C16H13FN2O3S. The minimum absolute atomic E-state index is 0.133. The molecule has 1 aromatic heterocycles. The summed E-state index contributed by atoms with van der Waals surface area (Å²) in [5.74, 6) is -0.0800. The van der Waals surface area contributed by atoms with E-state index in [1.807, 2.05) is 24.3 Å². The summed E-state index contributed by atoms with van der Waals surface area (Å²) in [5.41, 5.74) is 0.819. The second-order valence-corrected chi connectivity index (χ2v) is 6.98. The van der Waals surface area contributed by atoms with Gasteiger partial charge in [-0.1, -0.05) is 24.3 Å². The molecule has 0 bridgehead atoms. The van der Waals surface area contributed by atoms with Crippen LogP contribution in [0.3, 0.4) is 0 Å². The van der Waals surface area contributed by atoms with Gasteiger partial charge in [-0.05, 0) is 24.3 Å². The molecule has 1 atom stereocenters. The molecular weight excluding hydrogens is 319 g/mol. The molecule has 2 aromatic carbocycles. The fraction of sp³-hybridized carbons (Fsp3) is 0.125. The van der Waals surface area contributed by atoms with Gasteiger partial charge in [-0.2, -0.15) is 4.72 Å². The van der Waals surface area contributed by atoms with Crippen molar-refractivity contribution in [2.75, 3.05) is 6.61 Å². The first-order valence-corrected chi connectivity index (χ1v) is 8.54. The number of rotatable bonds is 3. The van der Waals surface area contributed by atoms with Crippen LogP contribution in [0.4, 0.5) is 4.39 Å². The monoisotopic (exact) mass is 332 g/mol. The molecule has 2 heterocycles. The van der Waals surface area contributed by atoms with E-state index in [2.05, 4.69) is 4.72 Å². The Morgan fingerprint density at radius 1 is 1.13 bits per heavy atom. The van der Waals surface area contributed by atoms with Gasteiger partial charge in [-0.3, -0.25) is 0 Å². The van der Waals surface area contributed by atoms with Crippen LogP contribution < -0.4 is 9.46 Å². The molecule has 0 saturated carbocycles. The zero-order valence-electron chi connectivity index (χ0n) is 11.9. The summed E-state index contributed by atoms with van der Waals surface area (Å²) in [6.07, 6.45) is 1.16. The first-order valence-electron chi connectivity index (χ1n) is 7.05. The van der Waals surface area contributed by atoms with Crippen LogP contribution in [0, 0.1) is 5.82 Å². The van der Waals surface area contributed by atoms with Gasteiger partial charge >= 0.3 is 0 Å². The van der Waals surface area contributed by atoms with Crippen LogP contribution in [0.25, 0.3) is 10.9 Å². The molecule has 0 spiro atoms. The first-order chi connectivity index (χ1) is 11.1. The highest BCUT2D eigenvalue weighted by Gasteiger charge is 2.28. The van der Waals surface area contributed by atoms with E-state index in [1.165, 1.54) is 18.2 Å². The van der Waals surface area contributed by atoms with Gasteiger partial charge in [0.25, 0.3) is 0 Å². The number of halogens is 1. The number of benzene rings is 2. The van der Waals surface area contributed by atoms with Gasteiger partial charge in [0.05, 0.1) is 5.52 Å². The number of nitrogens with zero attached hydrogens (tertiary/aromatic N) is 1. The molecule has 23 heavy (non-hydrogen) atoms. The van der Waals surface area contributed by atoms with Crippen molar-refractivity contribution in [2.45, 2.75) is 11.1 Å². The molecule has 118 valence electrons. The number of sulfonamides is 1. The Bertz CT molecular complexity index is 997. The van der Waals surface area contributed by atoms with E-state index in [9.17, 15) is 12.8 Å². The minimum atomic E-state index is -3.99. The fourth-order valence-electron chi connectivity index (χ4n) is 2.81. The second-order valence-electron chi connectivity index (χ2n) is 5.30. The molecule has 7 heteroatoms. The third-order valence-electron chi connectivity index (χ3n) is 3.85. The van der Waals surface area contributed by atoms with E-state index >= 15 is 0 Å². The number of aromatic nitrogens is 1. The molecule has 0 radical (unpaired) electrons. The van der Waals surface area contributed by atoms with E-state index in [-0.39, 0.29) is 11.5 Å². The zero-order valence-corrected chi connectivity index (χ0v) is 12.8. The minimum Gasteiger partial charge on any atom is -0.488 e. The van der Waals surface area contributed by atoms with Crippen molar-refractivity contribution in [2.24, 2.45) is 0 Å². The van der Waals surface area contributed by atoms with Gasteiger partial charge in [0, 0.05) is 11.6 Å². The Balaban J connectivity index is 1.74. The maximum Gasteiger partial charge on any atom is 0.245 e. The molecule has 1 aliphatic rings. The van der Waals surface area contributed by atoms with E-state index in [0.717, 1.165) is 17.0 Å². The van der Waals surface area contributed by atoms with E-state index in [1.54, 1.807) is 10.8 Å². The van der Waals surface area contributed by atoms with Crippen molar-refractivity contribution in [1.29, 1.82) is 0 Å². The molecule has 0 amide bonds. The molecule has 0 saturated heterocycles. The third kappa shape index (κ3) is 2.29. The van der Waals surface area contributed by atoms with E-state index in [4.69, 9.17) is 4.74 Å². The molecule has 1 N–H and O–H groups in total. The summed E-state index contributed by atoms with van der Waals surface area (Å²) >= 11 is 0. The lowest BCUT2D eigenvalue weighted by Crippen LogP contribution is -2.38. The largest absolute Gasteiger partial charge is 0.488 e. The van der Waals surface area contributed by atoms with Crippen LogP contribution in [-0.4, -0.2) is 19.6 Å². The van der Waals surface area contributed by atoms with Gasteiger partial charge < -0.3 is 9.30 Å². The van der Waals surface area contributed by atoms with Gasteiger partial charge in [0.15, 0.2) is 0 Å². The molecule has 0 aliphatic carbocycles. The van der Waals surface area contributed by atoms with Gasteiger partial charge in [0.2, 0.25) is 10.0 Å². The summed E-state index contributed by atoms with van der Waals surface area (Å²) < 4.78 is 48.6. The highest BCUT2D eigenvalue weighted by molar-refractivity contribution is 7.89. The summed E-state index contributed by atoms with van der Waals surface area (Å²) in [6, 6.07) is 12.8. The normalized spacial score (nSPS) is 17.2. The smallest absolute Gasteiger partial charge is 0.245 e. The van der Waals surface area contributed by atoms with Gasteiger partial charge in [0.1, 0.15) is 29.2 Å². The number of hydrogen-bond acceptors (Lipinski definition) is 3. The van der Waals surface area contributed by atoms with Crippen LogP contribution in [0.2, 0.25) is 0 Å². The Morgan fingerprint density at radius 3 is 2.78 bits per heavy atom.